The fourth-order valence-electron chi connectivity index (χ4n) is 1.70. The second-order valence-electron chi connectivity index (χ2n) is 4.30. The Labute approximate surface area is 110 Å². The van der Waals surface area contributed by atoms with Crippen molar-refractivity contribution in [2.75, 3.05) is 7.11 Å². The van der Waals surface area contributed by atoms with Gasteiger partial charge in [-0.15, -0.1) is 5.10 Å². The third-order valence-electron chi connectivity index (χ3n) is 2.72. The molecule has 0 saturated carbocycles. The van der Waals surface area contributed by atoms with Crippen LogP contribution in [0.5, 0.6) is 0 Å². The van der Waals surface area contributed by atoms with Crippen LogP contribution in [-0.2, 0) is 17.9 Å². The number of aliphatic hydroxyl groups is 1. The zero-order valence-corrected chi connectivity index (χ0v) is 10.9. The lowest BCUT2D eigenvalue weighted by Crippen LogP contribution is -2.20. The van der Waals surface area contributed by atoms with Gasteiger partial charge in [-0.25, -0.2) is 4.79 Å². The van der Waals surface area contributed by atoms with Crippen molar-refractivity contribution in [1.82, 2.24) is 9.78 Å². The van der Waals surface area contributed by atoms with Crippen LogP contribution >= 0.6 is 0 Å². The van der Waals surface area contributed by atoms with Gasteiger partial charge in [0, 0.05) is 7.11 Å². The molecule has 0 aliphatic carbocycles. The molecule has 0 amide bonds. The largest absolute Gasteiger partial charge is 0.437 e. The summed E-state index contributed by atoms with van der Waals surface area (Å²) in [6.45, 7) is 2.15. The van der Waals surface area contributed by atoms with E-state index < -0.39 is 11.9 Å². The Morgan fingerprint density at radius 2 is 2.11 bits per heavy atom. The highest BCUT2D eigenvalue weighted by atomic mass is 16.5. The summed E-state index contributed by atoms with van der Waals surface area (Å²) in [6.07, 6.45) is -0.807. The number of aromatic nitrogens is 2. The topological polar surface area (TPSA) is 77.5 Å². The van der Waals surface area contributed by atoms with Gasteiger partial charge in [-0.3, -0.25) is 0 Å². The van der Waals surface area contributed by atoms with E-state index in [2.05, 4.69) is 5.10 Å². The van der Waals surface area contributed by atoms with Gasteiger partial charge in [0.2, 0.25) is 5.89 Å². The molecule has 0 radical (unpaired) electrons. The number of hydrogen-bond donors (Lipinski definition) is 1. The molecule has 0 saturated heterocycles. The molecule has 0 aliphatic rings. The van der Waals surface area contributed by atoms with Crippen molar-refractivity contribution in [1.29, 1.82) is 0 Å². The molecule has 0 bridgehead atoms. The number of aryl methyl sites for hydroxylation is 1. The summed E-state index contributed by atoms with van der Waals surface area (Å²) < 4.78 is 10.8. The minimum Gasteiger partial charge on any atom is -0.390 e. The van der Waals surface area contributed by atoms with Crippen molar-refractivity contribution < 1.29 is 14.3 Å². The van der Waals surface area contributed by atoms with Crippen LogP contribution < -0.4 is 5.76 Å². The first-order valence-electron chi connectivity index (χ1n) is 5.90. The molecule has 1 heterocycles. The molecule has 6 nitrogen and oxygen atoms in total. The number of methoxy groups -OCH3 is 1. The maximum absolute atomic E-state index is 11.5. The Kier molecular flexibility index (Phi) is 4.13. The highest BCUT2D eigenvalue weighted by molar-refractivity contribution is 5.22. The highest BCUT2D eigenvalue weighted by Crippen LogP contribution is 2.14. The van der Waals surface area contributed by atoms with E-state index in [1.54, 1.807) is 0 Å². The molecule has 0 fully saturated rings. The molecule has 2 aromatic rings. The third-order valence-corrected chi connectivity index (χ3v) is 2.72. The van der Waals surface area contributed by atoms with Gasteiger partial charge < -0.3 is 14.3 Å². The van der Waals surface area contributed by atoms with Gasteiger partial charge in [-0.1, -0.05) is 29.8 Å². The number of hydrogen-bond acceptors (Lipinski definition) is 5. The van der Waals surface area contributed by atoms with E-state index in [9.17, 15) is 9.90 Å². The standard InChI is InChI=1S/C13H16N2O4/c1-9-3-5-10(6-4-9)11(16)7-15-13(17)19-12(14-15)8-18-2/h3-6,11,16H,7-8H2,1-2H3. The Balaban J connectivity index is 2.12. The van der Waals surface area contributed by atoms with Crippen molar-refractivity contribution in [3.05, 3.63) is 51.8 Å². The molecule has 1 aromatic heterocycles. The lowest BCUT2D eigenvalue weighted by Gasteiger charge is -2.09. The first-order valence-corrected chi connectivity index (χ1v) is 5.90. The van der Waals surface area contributed by atoms with E-state index in [0.717, 1.165) is 15.8 Å². The van der Waals surface area contributed by atoms with Crippen LogP contribution in [0.1, 0.15) is 23.1 Å². The van der Waals surface area contributed by atoms with Crippen LogP contribution in [0.3, 0.4) is 0 Å². The summed E-state index contributed by atoms with van der Waals surface area (Å²) in [6, 6.07) is 7.45. The summed E-state index contributed by atoms with van der Waals surface area (Å²) in [5.74, 6) is -0.401. The summed E-state index contributed by atoms with van der Waals surface area (Å²) in [4.78, 5) is 11.5. The first-order chi connectivity index (χ1) is 9.10. The fraction of sp³-hybridized carbons (Fsp3) is 0.385. The molecule has 1 aromatic carbocycles. The normalized spacial score (nSPS) is 12.6. The van der Waals surface area contributed by atoms with Crippen molar-refractivity contribution in [3.8, 4) is 0 Å². The number of nitrogens with zero attached hydrogens (tertiary/aromatic N) is 2. The summed E-state index contributed by atoms with van der Waals surface area (Å²) >= 11 is 0. The molecule has 0 aliphatic heterocycles. The lowest BCUT2D eigenvalue weighted by atomic mass is 10.1. The zero-order valence-electron chi connectivity index (χ0n) is 10.9. The van der Waals surface area contributed by atoms with Gasteiger partial charge in [0.25, 0.3) is 0 Å². The molecular weight excluding hydrogens is 248 g/mol. The summed E-state index contributed by atoms with van der Waals surface area (Å²) in [7, 11) is 1.49. The van der Waals surface area contributed by atoms with Crippen LogP contribution in [0.25, 0.3) is 0 Å². The molecule has 1 atom stereocenters. The Bertz CT molecular complexity index is 585. The van der Waals surface area contributed by atoms with Crippen molar-refractivity contribution >= 4 is 0 Å². The van der Waals surface area contributed by atoms with Gasteiger partial charge >= 0.3 is 5.76 Å². The number of benzene rings is 1. The second-order valence-corrected chi connectivity index (χ2v) is 4.30. The summed E-state index contributed by atoms with van der Waals surface area (Å²) in [5, 5.41) is 14.0. The van der Waals surface area contributed by atoms with Crippen LogP contribution in [0.2, 0.25) is 0 Å². The Morgan fingerprint density at radius 1 is 1.42 bits per heavy atom. The third kappa shape index (κ3) is 3.30. The average Bonchev–Trinajstić information content (AvgIpc) is 2.71. The van der Waals surface area contributed by atoms with E-state index >= 15 is 0 Å². The highest BCUT2D eigenvalue weighted by Gasteiger charge is 2.13. The molecule has 0 spiro atoms. The van der Waals surface area contributed by atoms with Crippen LogP contribution in [0.15, 0.2) is 33.5 Å². The van der Waals surface area contributed by atoms with Crippen molar-refractivity contribution in [2.24, 2.45) is 0 Å². The monoisotopic (exact) mass is 264 g/mol. The van der Waals surface area contributed by atoms with Crippen LogP contribution in [-0.4, -0.2) is 22.0 Å². The maximum atomic E-state index is 11.5. The molecule has 6 heteroatoms. The Morgan fingerprint density at radius 3 is 2.74 bits per heavy atom. The lowest BCUT2D eigenvalue weighted by molar-refractivity contribution is 0.148. The van der Waals surface area contributed by atoms with Crippen molar-refractivity contribution in [3.63, 3.8) is 0 Å². The van der Waals surface area contributed by atoms with Gasteiger partial charge in [-0.05, 0) is 12.5 Å². The van der Waals surface area contributed by atoms with E-state index in [1.165, 1.54) is 7.11 Å². The van der Waals surface area contributed by atoms with Gasteiger partial charge in [0.1, 0.15) is 6.61 Å². The molecular formula is C13H16N2O4. The van der Waals surface area contributed by atoms with Gasteiger partial charge in [0.15, 0.2) is 0 Å². The SMILES string of the molecule is COCc1nn(CC(O)c2ccc(C)cc2)c(=O)o1. The van der Waals surface area contributed by atoms with E-state index in [1.807, 2.05) is 31.2 Å². The quantitative estimate of drug-likeness (QED) is 0.872. The van der Waals surface area contributed by atoms with E-state index in [0.29, 0.717) is 0 Å². The van der Waals surface area contributed by atoms with Gasteiger partial charge in [-0.2, -0.15) is 4.68 Å². The van der Waals surface area contributed by atoms with E-state index in [-0.39, 0.29) is 19.0 Å². The minimum absolute atomic E-state index is 0.0507. The van der Waals surface area contributed by atoms with Crippen molar-refractivity contribution in [2.45, 2.75) is 26.2 Å². The average molecular weight is 264 g/mol. The number of aliphatic hydroxyl groups excluding tert-OH is 1. The molecule has 19 heavy (non-hydrogen) atoms. The van der Waals surface area contributed by atoms with Crippen LogP contribution in [0, 0.1) is 6.92 Å². The van der Waals surface area contributed by atoms with Gasteiger partial charge in [0.05, 0.1) is 12.6 Å². The fourth-order valence-corrected chi connectivity index (χ4v) is 1.70. The summed E-state index contributed by atoms with van der Waals surface area (Å²) in [5.41, 5.74) is 1.84. The Hall–Kier alpha value is -1.92. The molecule has 1 unspecified atom stereocenters. The number of ether oxygens (including phenoxy) is 1. The maximum Gasteiger partial charge on any atom is 0.437 e. The van der Waals surface area contributed by atoms with Crippen LogP contribution in [0.4, 0.5) is 0 Å². The predicted octanol–water partition coefficient (Wildman–Crippen LogP) is 1.02. The first kappa shape index (κ1) is 13.5. The smallest absolute Gasteiger partial charge is 0.390 e. The minimum atomic E-state index is -0.807. The molecule has 2 rings (SSSR count). The zero-order chi connectivity index (χ0) is 13.8. The van der Waals surface area contributed by atoms with E-state index in [4.69, 9.17) is 9.15 Å². The predicted molar refractivity (Wildman–Crippen MR) is 67.6 cm³/mol. The second kappa shape index (κ2) is 5.81. The molecule has 102 valence electrons. The molecule has 1 N–H and O–H groups in total. The number of rotatable bonds is 5.